The molecule has 0 saturated heterocycles. The van der Waals surface area contributed by atoms with Crippen molar-refractivity contribution in [2.45, 2.75) is 11.8 Å². The molecule has 0 saturated carbocycles. The third-order valence-corrected chi connectivity index (χ3v) is 2.59. The first-order chi connectivity index (χ1) is 6.31. The van der Waals surface area contributed by atoms with Crippen molar-refractivity contribution in [3.05, 3.63) is 18.2 Å². The first-order valence-corrected chi connectivity index (χ1v) is 5.15. The van der Waals surface area contributed by atoms with Gasteiger partial charge < -0.3 is 9.47 Å². The second-order valence-electron chi connectivity index (χ2n) is 2.45. The van der Waals surface area contributed by atoms with Crippen molar-refractivity contribution in [3.63, 3.8) is 0 Å². The highest BCUT2D eigenvalue weighted by Crippen LogP contribution is 2.32. The molecule has 1 rings (SSSR count). The van der Waals surface area contributed by atoms with Crippen LogP contribution >= 0.6 is 11.8 Å². The Morgan fingerprint density at radius 3 is 2.54 bits per heavy atom. The number of hydrogen-bond acceptors (Lipinski definition) is 3. The Morgan fingerprint density at radius 1 is 1.23 bits per heavy atom. The Labute approximate surface area is 83.2 Å². The Bertz CT molecular complexity index is 274. The summed E-state index contributed by atoms with van der Waals surface area (Å²) in [5.74, 6) is 2.81. The van der Waals surface area contributed by atoms with Gasteiger partial charge in [-0.1, -0.05) is 6.92 Å². The van der Waals surface area contributed by atoms with Crippen molar-refractivity contribution in [1.29, 1.82) is 0 Å². The van der Waals surface area contributed by atoms with Crippen LogP contribution in [0.5, 0.6) is 11.5 Å². The highest BCUT2D eigenvalue weighted by Gasteiger charge is 2.03. The molecule has 1 aromatic carbocycles. The molecule has 13 heavy (non-hydrogen) atoms. The van der Waals surface area contributed by atoms with E-state index in [1.165, 1.54) is 0 Å². The van der Waals surface area contributed by atoms with Crippen LogP contribution < -0.4 is 9.47 Å². The highest BCUT2D eigenvalue weighted by atomic mass is 32.2. The Hall–Kier alpha value is -0.830. The quantitative estimate of drug-likeness (QED) is 0.693. The van der Waals surface area contributed by atoms with Gasteiger partial charge in [0.1, 0.15) is 11.5 Å². The van der Waals surface area contributed by atoms with Crippen LogP contribution in [0.15, 0.2) is 23.1 Å². The van der Waals surface area contributed by atoms with E-state index in [-0.39, 0.29) is 0 Å². The van der Waals surface area contributed by atoms with Gasteiger partial charge >= 0.3 is 0 Å². The van der Waals surface area contributed by atoms with Crippen molar-refractivity contribution in [1.82, 2.24) is 0 Å². The zero-order chi connectivity index (χ0) is 9.68. The van der Waals surface area contributed by atoms with Crippen LogP contribution in [-0.4, -0.2) is 20.0 Å². The molecule has 0 aliphatic heterocycles. The van der Waals surface area contributed by atoms with Crippen molar-refractivity contribution < 1.29 is 9.47 Å². The molecule has 2 nitrogen and oxygen atoms in total. The maximum Gasteiger partial charge on any atom is 0.132 e. The van der Waals surface area contributed by atoms with Gasteiger partial charge in [0.2, 0.25) is 0 Å². The van der Waals surface area contributed by atoms with E-state index in [0.29, 0.717) is 0 Å². The molecule has 0 aliphatic rings. The highest BCUT2D eigenvalue weighted by molar-refractivity contribution is 7.99. The minimum Gasteiger partial charge on any atom is -0.497 e. The van der Waals surface area contributed by atoms with Crippen molar-refractivity contribution >= 4 is 11.8 Å². The monoisotopic (exact) mass is 198 g/mol. The predicted molar refractivity (Wildman–Crippen MR) is 55.9 cm³/mol. The number of hydrogen-bond donors (Lipinski definition) is 0. The standard InChI is InChI=1S/C10H14O2S/c1-4-13-10-7-8(11-2)5-6-9(10)12-3/h5-7H,4H2,1-3H3. The third-order valence-electron chi connectivity index (χ3n) is 1.67. The van der Waals surface area contributed by atoms with Gasteiger partial charge in [0.05, 0.1) is 19.1 Å². The van der Waals surface area contributed by atoms with Crippen LogP contribution in [0.1, 0.15) is 6.92 Å². The number of ether oxygens (including phenoxy) is 2. The van der Waals surface area contributed by atoms with E-state index >= 15 is 0 Å². The number of rotatable bonds is 4. The molecule has 0 radical (unpaired) electrons. The fourth-order valence-corrected chi connectivity index (χ4v) is 1.86. The van der Waals surface area contributed by atoms with Crippen LogP contribution in [0.2, 0.25) is 0 Å². The van der Waals surface area contributed by atoms with Gasteiger partial charge in [0.25, 0.3) is 0 Å². The van der Waals surface area contributed by atoms with E-state index in [9.17, 15) is 0 Å². The third kappa shape index (κ3) is 2.56. The smallest absolute Gasteiger partial charge is 0.132 e. The first-order valence-electron chi connectivity index (χ1n) is 4.16. The van der Waals surface area contributed by atoms with Gasteiger partial charge in [0.15, 0.2) is 0 Å². The Morgan fingerprint density at radius 2 is 2.00 bits per heavy atom. The largest absolute Gasteiger partial charge is 0.497 e. The summed E-state index contributed by atoms with van der Waals surface area (Å²) in [6.07, 6.45) is 0. The molecule has 0 amide bonds. The number of benzene rings is 1. The van der Waals surface area contributed by atoms with Gasteiger partial charge in [-0.2, -0.15) is 0 Å². The average Bonchev–Trinajstić information content (AvgIpc) is 2.18. The SMILES string of the molecule is CCSc1cc(OC)ccc1OC. The van der Waals surface area contributed by atoms with Crippen LogP contribution in [-0.2, 0) is 0 Å². The molecule has 0 atom stereocenters. The summed E-state index contributed by atoms with van der Waals surface area (Å²) in [5.41, 5.74) is 0. The molecule has 0 spiro atoms. The molecule has 0 fully saturated rings. The van der Waals surface area contributed by atoms with E-state index in [0.717, 1.165) is 22.1 Å². The summed E-state index contributed by atoms with van der Waals surface area (Å²) in [7, 11) is 3.35. The first kappa shape index (κ1) is 10.3. The summed E-state index contributed by atoms with van der Waals surface area (Å²) < 4.78 is 10.4. The van der Waals surface area contributed by atoms with E-state index in [4.69, 9.17) is 9.47 Å². The zero-order valence-electron chi connectivity index (χ0n) is 8.16. The van der Waals surface area contributed by atoms with Crippen molar-refractivity contribution in [3.8, 4) is 11.5 Å². The zero-order valence-corrected chi connectivity index (χ0v) is 8.98. The molecule has 0 heterocycles. The molecule has 72 valence electrons. The maximum absolute atomic E-state index is 5.22. The van der Waals surface area contributed by atoms with Gasteiger partial charge in [-0.15, -0.1) is 11.8 Å². The van der Waals surface area contributed by atoms with E-state index in [1.54, 1.807) is 26.0 Å². The van der Waals surface area contributed by atoms with Gasteiger partial charge in [-0.05, 0) is 24.0 Å². The van der Waals surface area contributed by atoms with Crippen LogP contribution in [0, 0.1) is 0 Å². The maximum atomic E-state index is 5.22. The molecule has 3 heteroatoms. The summed E-state index contributed by atoms with van der Waals surface area (Å²) >= 11 is 1.75. The van der Waals surface area contributed by atoms with Gasteiger partial charge in [-0.3, -0.25) is 0 Å². The van der Waals surface area contributed by atoms with Crippen LogP contribution in [0.25, 0.3) is 0 Å². The number of methoxy groups -OCH3 is 2. The lowest BCUT2D eigenvalue weighted by Crippen LogP contribution is -1.88. The minimum atomic E-state index is 0.872. The number of thioether (sulfide) groups is 1. The summed E-state index contributed by atoms with van der Waals surface area (Å²) in [6, 6.07) is 5.82. The molecule has 1 aromatic rings. The van der Waals surface area contributed by atoms with Crippen molar-refractivity contribution in [2.75, 3.05) is 20.0 Å². The fourth-order valence-electron chi connectivity index (χ4n) is 1.05. The van der Waals surface area contributed by atoms with Crippen molar-refractivity contribution in [2.24, 2.45) is 0 Å². The summed E-state index contributed by atoms with van der Waals surface area (Å²) in [6.45, 7) is 2.11. The van der Waals surface area contributed by atoms with Crippen LogP contribution in [0.4, 0.5) is 0 Å². The van der Waals surface area contributed by atoms with E-state index < -0.39 is 0 Å². The Kier molecular flexibility index (Phi) is 3.96. The molecule has 0 N–H and O–H groups in total. The lowest BCUT2D eigenvalue weighted by molar-refractivity contribution is 0.394. The van der Waals surface area contributed by atoms with Crippen LogP contribution in [0.3, 0.4) is 0 Å². The molecule has 0 aliphatic carbocycles. The molecular formula is C10H14O2S. The van der Waals surface area contributed by atoms with Gasteiger partial charge in [-0.25, -0.2) is 0 Å². The average molecular weight is 198 g/mol. The molecular weight excluding hydrogens is 184 g/mol. The summed E-state index contributed by atoms with van der Waals surface area (Å²) in [4.78, 5) is 1.13. The second-order valence-corrected chi connectivity index (χ2v) is 3.76. The fraction of sp³-hybridized carbons (Fsp3) is 0.400. The molecule has 0 aromatic heterocycles. The topological polar surface area (TPSA) is 18.5 Å². The van der Waals surface area contributed by atoms with E-state index in [1.807, 2.05) is 18.2 Å². The lowest BCUT2D eigenvalue weighted by Gasteiger charge is -2.08. The lowest BCUT2D eigenvalue weighted by atomic mass is 10.3. The minimum absolute atomic E-state index is 0.872. The van der Waals surface area contributed by atoms with Gasteiger partial charge in [0, 0.05) is 0 Å². The molecule has 0 bridgehead atoms. The Balaban J connectivity index is 2.95. The predicted octanol–water partition coefficient (Wildman–Crippen LogP) is 2.82. The van der Waals surface area contributed by atoms with E-state index in [2.05, 4.69) is 6.92 Å². The second kappa shape index (κ2) is 5.02. The molecule has 0 unspecified atom stereocenters. The summed E-state index contributed by atoms with van der Waals surface area (Å²) in [5, 5.41) is 0. The normalized spacial score (nSPS) is 9.77.